The highest BCUT2D eigenvalue weighted by Gasteiger charge is 2.21. The minimum atomic E-state index is 0.426. The van der Waals surface area contributed by atoms with Gasteiger partial charge in [0.05, 0.1) is 17.6 Å². The smallest absolute Gasteiger partial charge is 0.204 e. The molecule has 7 heteroatoms. The first-order chi connectivity index (χ1) is 13.1. The number of nitrogens with two attached hydrogens (primary N) is 1. The molecule has 0 amide bonds. The van der Waals surface area contributed by atoms with Gasteiger partial charge in [-0.05, 0) is 31.9 Å². The van der Waals surface area contributed by atoms with E-state index in [2.05, 4.69) is 38.0 Å². The van der Waals surface area contributed by atoms with Crippen molar-refractivity contribution in [3.8, 4) is 0 Å². The molecular formula is C20H28N6O. The van der Waals surface area contributed by atoms with Crippen molar-refractivity contribution >= 4 is 17.0 Å². The van der Waals surface area contributed by atoms with E-state index in [-0.39, 0.29) is 0 Å². The molecule has 0 radical (unpaired) electrons. The number of likely N-dealkylation sites (tertiary alicyclic amines) is 1. The van der Waals surface area contributed by atoms with Crippen LogP contribution in [-0.4, -0.2) is 51.7 Å². The number of fused-ring (bicyclic) bond motifs is 1. The standard InChI is InChI=1S/C20H28N6O/c1-14-18(22-15(2)27-14)13-26-19-6-4-3-5-17(19)24-20(26)23-16-7-10-25(11-8-16)12-9-21/h3-6,16H,7-13,21H2,1-2H3,(H,23,24). The fourth-order valence-electron chi connectivity index (χ4n) is 3.88. The second-order valence-electron chi connectivity index (χ2n) is 7.29. The van der Waals surface area contributed by atoms with Crippen molar-refractivity contribution in [3.63, 3.8) is 0 Å². The van der Waals surface area contributed by atoms with E-state index in [0.29, 0.717) is 18.5 Å². The third kappa shape index (κ3) is 3.84. The Balaban J connectivity index is 1.58. The summed E-state index contributed by atoms with van der Waals surface area (Å²) in [4.78, 5) is 11.8. The van der Waals surface area contributed by atoms with E-state index in [0.717, 1.165) is 67.5 Å². The van der Waals surface area contributed by atoms with Gasteiger partial charge in [0.1, 0.15) is 11.5 Å². The van der Waals surface area contributed by atoms with E-state index in [1.165, 1.54) is 0 Å². The maximum Gasteiger partial charge on any atom is 0.204 e. The molecular weight excluding hydrogens is 340 g/mol. The lowest BCUT2D eigenvalue weighted by atomic mass is 10.1. The minimum absolute atomic E-state index is 0.426. The van der Waals surface area contributed by atoms with Crippen LogP contribution in [0.25, 0.3) is 11.0 Å². The van der Waals surface area contributed by atoms with Crippen molar-refractivity contribution in [1.29, 1.82) is 0 Å². The zero-order valence-electron chi connectivity index (χ0n) is 16.1. The molecule has 1 aliphatic heterocycles. The molecule has 4 rings (SSSR count). The van der Waals surface area contributed by atoms with Gasteiger partial charge in [-0.2, -0.15) is 0 Å². The van der Waals surface area contributed by atoms with Crippen LogP contribution in [0.2, 0.25) is 0 Å². The predicted molar refractivity (Wildman–Crippen MR) is 107 cm³/mol. The number of hydrogen-bond donors (Lipinski definition) is 2. The number of anilines is 1. The van der Waals surface area contributed by atoms with Crippen molar-refractivity contribution in [2.75, 3.05) is 31.5 Å². The van der Waals surface area contributed by atoms with Crippen LogP contribution in [0.15, 0.2) is 28.7 Å². The number of hydrogen-bond acceptors (Lipinski definition) is 6. The van der Waals surface area contributed by atoms with Gasteiger partial charge in [-0.3, -0.25) is 0 Å². The third-order valence-corrected chi connectivity index (χ3v) is 5.33. The molecule has 0 aliphatic carbocycles. The molecule has 1 aromatic carbocycles. The molecule has 1 aliphatic rings. The molecule has 144 valence electrons. The van der Waals surface area contributed by atoms with Crippen molar-refractivity contribution < 1.29 is 4.42 Å². The SMILES string of the molecule is Cc1nc(Cn2c(NC3CCN(CCN)CC3)nc3ccccc32)c(C)o1. The molecule has 7 nitrogen and oxygen atoms in total. The highest BCUT2D eigenvalue weighted by Crippen LogP contribution is 2.24. The van der Waals surface area contributed by atoms with E-state index in [9.17, 15) is 0 Å². The quantitative estimate of drug-likeness (QED) is 0.695. The van der Waals surface area contributed by atoms with Crippen LogP contribution in [0.4, 0.5) is 5.95 Å². The number of rotatable bonds is 6. The van der Waals surface area contributed by atoms with Crippen LogP contribution >= 0.6 is 0 Å². The summed E-state index contributed by atoms with van der Waals surface area (Å²) >= 11 is 0. The van der Waals surface area contributed by atoms with Gasteiger partial charge < -0.3 is 24.9 Å². The van der Waals surface area contributed by atoms with E-state index in [1.807, 2.05) is 19.9 Å². The monoisotopic (exact) mass is 368 g/mol. The van der Waals surface area contributed by atoms with Crippen LogP contribution in [0, 0.1) is 13.8 Å². The molecule has 0 saturated carbocycles. The number of oxazole rings is 1. The molecule has 3 N–H and O–H groups in total. The lowest BCUT2D eigenvalue weighted by Crippen LogP contribution is -2.41. The zero-order chi connectivity index (χ0) is 18.8. The number of benzene rings is 1. The third-order valence-electron chi connectivity index (χ3n) is 5.33. The first kappa shape index (κ1) is 18.0. The molecule has 0 unspecified atom stereocenters. The van der Waals surface area contributed by atoms with Crippen molar-refractivity contribution in [2.24, 2.45) is 5.73 Å². The van der Waals surface area contributed by atoms with Crippen LogP contribution in [0.3, 0.4) is 0 Å². The second-order valence-corrected chi connectivity index (χ2v) is 7.29. The Morgan fingerprint density at radius 1 is 1.19 bits per heavy atom. The van der Waals surface area contributed by atoms with Crippen molar-refractivity contribution in [3.05, 3.63) is 41.6 Å². The summed E-state index contributed by atoms with van der Waals surface area (Å²) in [6.07, 6.45) is 2.20. The van der Waals surface area contributed by atoms with Crippen LogP contribution in [-0.2, 0) is 6.54 Å². The second kappa shape index (κ2) is 7.70. The molecule has 27 heavy (non-hydrogen) atoms. The number of nitrogens with one attached hydrogen (secondary N) is 1. The Morgan fingerprint density at radius 3 is 2.67 bits per heavy atom. The summed E-state index contributed by atoms with van der Waals surface area (Å²) in [5.41, 5.74) is 8.75. The number of aryl methyl sites for hydroxylation is 2. The molecule has 0 spiro atoms. The van der Waals surface area contributed by atoms with Crippen LogP contribution in [0.1, 0.15) is 30.2 Å². The van der Waals surface area contributed by atoms with Crippen molar-refractivity contribution in [2.45, 2.75) is 39.3 Å². The molecule has 1 fully saturated rings. The normalized spacial score (nSPS) is 16.3. The lowest BCUT2D eigenvalue weighted by molar-refractivity contribution is 0.224. The lowest BCUT2D eigenvalue weighted by Gasteiger charge is -2.32. The fourth-order valence-corrected chi connectivity index (χ4v) is 3.88. The number of nitrogens with zero attached hydrogens (tertiary/aromatic N) is 4. The Bertz CT molecular complexity index is 906. The molecule has 1 saturated heterocycles. The average Bonchev–Trinajstić information content (AvgIpc) is 3.16. The molecule has 3 aromatic rings. The number of aromatic nitrogens is 3. The van der Waals surface area contributed by atoms with E-state index < -0.39 is 0 Å². The van der Waals surface area contributed by atoms with E-state index in [1.54, 1.807) is 0 Å². The van der Waals surface area contributed by atoms with Gasteiger partial charge in [0, 0.05) is 39.1 Å². The zero-order valence-corrected chi connectivity index (χ0v) is 16.1. The maximum absolute atomic E-state index is 5.68. The van der Waals surface area contributed by atoms with Gasteiger partial charge in [-0.1, -0.05) is 12.1 Å². The highest BCUT2D eigenvalue weighted by atomic mass is 16.4. The summed E-state index contributed by atoms with van der Waals surface area (Å²) in [6.45, 7) is 8.37. The molecule has 3 heterocycles. The largest absolute Gasteiger partial charge is 0.446 e. The molecule has 0 atom stereocenters. The summed E-state index contributed by atoms with van der Waals surface area (Å²) in [7, 11) is 0. The molecule has 2 aromatic heterocycles. The van der Waals surface area contributed by atoms with E-state index in [4.69, 9.17) is 15.1 Å². The van der Waals surface area contributed by atoms with Gasteiger partial charge in [0.2, 0.25) is 5.95 Å². The summed E-state index contributed by atoms with van der Waals surface area (Å²) < 4.78 is 7.83. The van der Waals surface area contributed by atoms with Crippen molar-refractivity contribution in [1.82, 2.24) is 19.4 Å². The number of para-hydroxylation sites is 2. The van der Waals surface area contributed by atoms with Crippen LogP contribution < -0.4 is 11.1 Å². The topological polar surface area (TPSA) is 85.1 Å². The summed E-state index contributed by atoms with van der Waals surface area (Å²) in [6, 6.07) is 8.67. The maximum atomic E-state index is 5.68. The van der Waals surface area contributed by atoms with E-state index >= 15 is 0 Å². The van der Waals surface area contributed by atoms with Gasteiger partial charge in [0.25, 0.3) is 0 Å². The number of piperidine rings is 1. The Hall–Kier alpha value is -2.38. The van der Waals surface area contributed by atoms with Crippen LogP contribution in [0.5, 0.6) is 0 Å². The fraction of sp³-hybridized carbons (Fsp3) is 0.500. The van der Waals surface area contributed by atoms with Gasteiger partial charge in [-0.15, -0.1) is 0 Å². The van der Waals surface area contributed by atoms with Gasteiger partial charge in [-0.25, -0.2) is 9.97 Å². The predicted octanol–water partition coefficient (Wildman–Crippen LogP) is 2.52. The molecule has 0 bridgehead atoms. The van der Waals surface area contributed by atoms with Gasteiger partial charge in [0.15, 0.2) is 5.89 Å². The average molecular weight is 368 g/mol. The van der Waals surface area contributed by atoms with Gasteiger partial charge >= 0.3 is 0 Å². The summed E-state index contributed by atoms with van der Waals surface area (Å²) in [5, 5.41) is 3.68. The Labute approximate surface area is 159 Å². The highest BCUT2D eigenvalue weighted by molar-refractivity contribution is 5.78. The minimum Gasteiger partial charge on any atom is -0.446 e. The first-order valence-corrected chi connectivity index (χ1v) is 9.71. The number of imidazole rings is 1. The first-order valence-electron chi connectivity index (χ1n) is 9.71. The summed E-state index contributed by atoms with van der Waals surface area (Å²) in [5.74, 6) is 2.48. The Kier molecular flexibility index (Phi) is 5.13. The Morgan fingerprint density at radius 2 is 1.96 bits per heavy atom.